The van der Waals surface area contributed by atoms with Gasteiger partial charge in [-0.05, 0) is 28.1 Å². The van der Waals surface area contributed by atoms with Crippen LogP contribution in [-0.4, -0.2) is 29.4 Å². The van der Waals surface area contributed by atoms with Gasteiger partial charge in [-0.15, -0.1) is 0 Å². The lowest BCUT2D eigenvalue weighted by molar-refractivity contribution is 0.0815. The number of halogens is 3. The molecule has 2 amide bonds. The molecule has 3 N–H and O–H groups in total. The number of ether oxygens (including phenoxy) is 1. The van der Waals surface area contributed by atoms with Gasteiger partial charge in [0.1, 0.15) is 18.2 Å². The fourth-order valence-electron chi connectivity index (χ4n) is 2.46. The number of imide groups is 1. The number of hydrogen-bond acceptors (Lipinski definition) is 5. The van der Waals surface area contributed by atoms with E-state index in [1.165, 1.54) is 18.2 Å². The highest BCUT2D eigenvalue weighted by Gasteiger charge is 2.32. The third kappa shape index (κ3) is 2.88. The summed E-state index contributed by atoms with van der Waals surface area (Å²) in [5.41, 5.74) is 5.23. The minimum absolute atomic E-state index is 0.0742. The topological polar surface area (TPSA) is 103 Å². The number of carbonyl (C=O) groups excluding carboxylic acids is 2. The average molecular weight is 414 g/mol. The fraction of sp³-hybridized carbons (Fsp3) is 0.133. The Morgan fingerprint density at radius 3 is 2.64 bits per heavy atom. The highest BCUT2D eigenvalue weighted by atomic mass is 79.9. The van der Waals surface area contributed by atoms with Crippen LogP contribution in [0.25, 0.3) is 5.69 Å². The van der Waals surface area contributed by atoms with Crippen LogP contribution in [0.5, 0.6) is 5.75 Å². The molecule has 1 aliphatic rings. The van der Waals surface area contributed by atoms with Crippen molar-refractivity contribution in [1.29, 1.82) is 0 Å². The largest absolute Gasteiger partial charge is 0.486 e. The number of nitrogens with two attached hydrogens (primary N) is 1. The van der Waals surface area contributed by atoms with E-state index in [0.717, 1.165) is 10.6 Å². The summed E-state index contributed by atoms with van der Waals surface area (Å²) in [7, 11) is 0. The average Bonchev–Trinajstić information content (AvgIpc) is 2.81. The van der Waals surface area contributed by atoms with Crippen molar-refractivity contribution in [3.8, 4) is 11.4 Å². The van der Waals surface area contributed by atoms with Crippen molar-refractivity contribution < 1.29 is 23.1 Å². The van der Waals surface area contributed by atoms with Crippen LogP contribution in [0.1, 0.15) is 20.7 Å². The number of benzene rings is 1. The third-order valence-corrected chi connectivity index (χ3v) is 4.30. The molecule has 1 aliphatic heterocycles. The maximum absolute atomic E-state index is 12.4. The molecule has 0 saturated heterocycles. The van der Waals surface area contributed by atoms with Crippen LogP contribution >= 0.6 is 15.9 Å². The maximum Gasteiger partial charge on any atom is 0.272 e. The van der Waals surface area contributed by atoms with Gasteiger partial charge in [-0.3, -0.25) is 24.3 Å². The zero-order chi connectivity index (χ0) is 18.3. The number of hydrogen-bond donors (Lipinski definition) is 2. The van der Waals surface area contributed by atoms with Gasteiger partial charge in [-0.1, -0.05) is 6.07 Å². The van der Waals surface area contributed by atoms with E-state index in [9.17, 15) is 23.2 Å². The number of fused-ring (bicyclic) bond motifs is 1. The molecule has 1 aromatic carbocycles. The lowest BCUT2D eigenvalue weighted by atomic mass is 10.1. The molecule has 0 unspecified atom stereocenters. The van der Waals surface area contributed by atoms with Gasteiger partial charge in [0.25, 0.3) is 23.8 Å². The fourth-order valence-corrected chi connectivity index (χ4v) is 3.02. The first-order valence-electron chi connectivity index (χ1n) is 6.92. The number of nitrogen functional groups attached to an aromatic ring is 1. The van der Waals surface area contributed by atoms with Crippen LogP contribution in [0.3, 0.4) is 0 Å². The SMILES string of the molecule is Nc1c2c(cc(=O)n1-c1cccc(OCC(F)F)c1Br)C(=O)NC2=O. The van der Waals surface area contributed by atoms with Gasteiger partial charge in [-0.25, -0.2) is 8.78 Å². The Kier molecular flexibility index (Phi) is 4.29. The van der Waals surface area contributed by atoms with Crippen LogP contribution in [0.4, 0.5) is 14.6 Å². The lowest BCUT2D eigenvalue weighted by Gasteiger charge is -2.15. The van der Waals surface area contributed by atoms with Gasteiger partial charge in [0.2, 0.25) is 0 Å². The molecule has 130 valence electrons. The first-order valence-corrected chi connectivity index (χ1v) is 7.71. The lowest BCUT2D eigenvalue weighted by Crippen LogP contribution is -2.24. The molecule has 25 heavy (non-hydrogen) atoms. The highest BCUT2D eigenvalue weighted by Crippen LogP contribution is 2.33. The predicted octanol–water partition coefficient (Wildman–Crippen LogP) is 1.71. The molecule has 3 rings (SSSR count). The summed E-state index contributed by atoms with van der Waals surface area (Å²) in [5.74, 6) is -1.58. The van der Waals surface area contributed by atoms with Gasteiger partial charge in [0.05, 0.1) is 21.3 Å². The Hall–Kier alpha value is -2.75. The van der Waals surface area contributed by atoms with Crippen molar-refractivity contribution in [3.05, 3.63) is 50.2 Å². The summed E-state index contributed by atoms with van der Waals surface area (Å²) < 4.78 is 30.9. The van der Waals surface area contributed by atoms with Crippen LogP contribution in [0, 0.1) is 0 Å². The number of nitrogens with one attached hydrogen (secondary N) is 1. The Balaban J connectivity index is 2.17. The summed E-state index contributed by atoms with van der Waals surface area (Å²) in [6, 6.07) is 5.38. The van der Waals surface area contributed by atoms with Gasteiger partial charge < -0.3 is 10.5 Å². The van der Waals surface area contributed by atoms with Crippen molar-refractivity contribution in [2.75, 3.05) is 12.3 Å². The summed E-state index contributed by atoms with van der Waals surface area (Å²) in [6.07, 6.45) is -2.67. The van der Waals surface area contributed by atoms with E-state index >= 15 is 0 Å². The second kappa shape index (κ2) is 6.28. The zero-order valence-corrected chi connectivity index (χ0v) is 14.0. The number of amides is 2. The van der Waals surface area contributed by atoms with Crippen LogP contribution < -0.4 is 21.3 Å². The van der Waals surface area contributed by atoms with Gasteiger partial charge in [-0.2, -0.15) is 0 Å². The molecule has 0 atom stereocenters. The van der Waals surface area contributed by atoms with E-state index in [1.807, 2.05) is 0 Å². The molecule has 2 aromatic rings. The molecule has 0 fully saturated rings. The van der Waals surface area contributed by atoms with Crippen LogP contribution in [0.2, 0.25) is 0 Å². The first kappa shape index (κ1) is 17.1. The molecular weight excluding hydrogens is 404 g/mol. The number of pyridine rings is 1. The second-order valence-corrected chi connectivity index (χ2v) is 5.86. The Morgan fingerprint density at radius 1 is 1.24 bits per heavy atom. The zero-order valence-electron chi connectivity index (χ0n) is 12.4. The maximum atomic E-state index is 12.4. The molecular formula is C15H10BrF2N3O4. The number of nitrogens with zero attached hydrogens (tertiary/aromatic N) is 1. The second-order valence-electron chi connectivity index (χ2n) is 5.07. The van der Waals surface area contributed by atoms with E-state index in [0.29, 0.717) is 0 Å². The Labute approximate surface area is 147 Å². The van der Waals surface area contributed by atoms with E-state index in [4.69, 9.17) is 10.5 Å². The number of aromatic nitrogens is 1. The van der Waals surface area contributed by atoms with Crippen LogP contribution in [-0.2, 0) is 0 Å². The summed E-state index contributed by atoms with van der Waals surface area (Å²) >= 11 is 3.19. The molecule has 0 bridgehead atoms. The standard InChI is InChI=1S/C15H10BrF2N3O4/c16-12-7(2-1-3-8(12)25-5-9(17)18)21-10(22)4-6-11(13(21)19)15(24)20-14(6)23/h1-4,9H,5,19H2,(H,20,23,24). The van der Waals surface area contributed by atoms with Crippen molar-refractivity contribution in [3.63, 3.8) is 0 Å². The minimum atomic E-state index is -2.67. The van der Waals surface area contributed by atoms with E-state index in [1.54, 1.807) is 0 Å². The van der Waals surface area contributed by atoms with Crippen molar-refractivity contribution in [2.24, 2.45) is 0 Å². The molecule has 1 aromatic heterocycles. The third-order valence-electron chi connectivity index (χ3n) is 3.50. The smallest absolute Gasteiger partial charge is 0.272 e. The minimum Gasteiger partial charge on any atom is -0.486 e. The summed E-state index contributed by atoms with van der Waals surface area (Å²) in [5, 5.41) is 2.06. The van der Waals surface area contributed by atoms with Gasteiger partial charge in [0.15, 0.2) is 0 Å². The van der Waals surface area contributed by atoms with E-state index < -0.39 is 30.4 Å². The number of alkyl halides is 2. The molecule has 0 saturated carbocycles. The quantitative estimate of drug-likeness (QED) is 0.742. The predicted molar refractivity (Wildman–Crippen MR) is 87.4 cm³/mol. The molecule has 10 heteroatoms. The first-order chi connectivity index (χ1) is 11.8. The Morgan fingerprint density at radius 2 is 1.96 bits per heavy atom. The number of carbonyl (C=O) groups is 2. The van der Waals surface area contributed by atoms with Gasteiger partial charge >= 0.3 is 0 Å². The van der Waals surface area contributed by atoms with Gasteiger partial charge in [0, 0.05) is 6.07 Å². The number of anilines is 1. The van der Waals surface area contributed by atoms with E-state index in [2.05, 4.69) is 21.2 Å². The van der Waals surface area contributed by atoms with Crippen molar-refractivity contribution in [2.45, 2.75) is 6.43 Å². The van der Waals surface area contributed by atoms with Crippen LogP contribution in [0.15, 0.2) is 33.5 Å². The Bertz CT molecular complexity index is 959. The molecule has 0 aliphatic carbocycles. The molecule has 0 spiro atoms. The van der Waals surface area contributed by atoms with Crippen molar-refractivity contribution >= 4 is 33.6 Å². The molecule has 0 radical (unpaired) electrons. The summed E-state index contributed by atoms with van der Waals surface area (Å²) in [4.78, 5) is 35.9. The highest BCUT2D eigenvalue weighted by molar-refractivity contribution is 9.10. The molecule has 7 nitrogen and oxygen atoms in total. The van der Waals surface area contributed by atoms with E-state index in [-0.39, 0.29) is 32.9 Å². The number of rotatable bonds is 4. The van der Waals surface area contributed by atoms with Crippen molar-refractivity contribution in [1.82, 2.24) is 9.88 Å². The monoisotopic (exact) mass is 413 g/mol. The molecule has 2 heterocycles. The normalized spacial score (nSPS) is 13.1. The summed E-state index contributed by atoms with van der Waals surface area (Å²) in [6.45, 7) is -0.826.